The van der Waals surface area contributed by atoms with Gasteiger partial charge in [0.1, 0.15) is 0 Å². The van der Waals surface area contributed by atoms with Crippen molar-refractivity contribution in [3.05, 3.63) is 0 Å². The van der Waals surface area contributed by atoms with Crippen molar-refractivity contribution in [2.75, 3.05) is 11.0 Å². The second kappa shape index (κ2) is 6.03. The molecule has 2 aliphatic carbocycles. The van der Waals surface area contributed by atoms with Crippen LogP contribution in [0.15, 0.2) is 0 Å². The van der Waals surface area contributed by atoms with Crippen molar-refractivity contribution >= 4 is 22.6 Å². The molecule has 0 aromatic heterocycles. The van der Waals surface area contributed by atoms with Crippen LogP contribution in [0, 0.1) is 11.8 Å². The van der Waals surface area contributed by atoms with Crippen LogP contribution < -0.4 is 0 Å². The predicted octanol–water partition coefficient (Wildman–Crippen LogP) is 4.58. The van der Waals surface area contributed by atoms with Crippen LogP contribution >= 0.6 is 22.6 Å². The second-order valence-electron chi connectivity index (χ2n) is 5.95. The van der Waals surface area contributed by atoms with E-state index in [4.69, 9.17) is 4.74 Å². The Hall–Kier alpha value is 0.690. The molecule has 0 aromatic rings. The average Bonchev–Trinajstić information content (AvgIpc) is 3.08. The number of hydrogen-bond donors (Lipinski definition) is 0. The third-order valence-electron chi connectivity index (χ3n) is 4.16. The molecule has 0 N–H and O–H groups in total. The average molecular weight is 336 g/mol. The highest BCUT2D eigenvalue weighted by Crippen LogP contribution is 2.37. The number of hydrogen-bond acceptors (Lipinski definition) is 1. The molecular weight excluding hydrogens is 311 g/mol. The van der Waals surface area contributed by atoms with Gasteiger partial charge < -0.3 is 4.74 Å². The summed E-state index contributed by atoms with van der Waals surface area (Å²) in [6.45, 7) is 3.39. The summed E-state index contributed by atoms with van der Waals surface area (Å²) in [5, 5.41) is 0. The van der Waals surface area contributed by atoms with E-state index < -0.39 is 0 Å². The molecule has 0 amide bonds. The first kappa shape index (κ1) is 13.1. The van der Waals surface area contributed by atoms with Gasteiger partial charge in [-0.3, -0.25) is 0 Å². The summed E-state index contributed by atoms with van der Waals surface area (Å²) in [6, 6.07) is 0. The quantitative estimate of drug-likeness (QED) is 0.392. The van der Waals surface area contributed by atoms with E-state index in [2.05, 4.69) is 29.5 Å². The lowest BCUT2D eigenvalue weighted by Crippen LogP contribution is -2.39. The molecule has 2 fully saturated rings. The van der Waals surface area contributed by atoms with E-state index in [-0.39, 0.29) is 5.60 Å². The van der Waals surface area contributed by atoms with Crippen molar-refractivity contribution in [3.63, 3.8) is 0 Å². The lowest BCUT2D eigenvalue weighted by Gasteiger charge is -2.38. The van der Waals surface area contributed by atoms with Crippen LogP contribution in [0.5, 0.6) is 0 Å². The predicted molar refractivity (Wildman–Crippen MR) is 77.2 cm³/mol. The van der Waals surface area contributed by atoms with Gasteiger partial charge in [-0.15, -0.1) is 0 Å². The van der Waals surface area contributed by atoms with Gasteiger partial charge in [-0.2, -0.15) is 0 Å². The van der Waals surface area contributed by atoms with E-state index in [0.29, 0.717) is 0 Å². The fourth-order valence-electron chi connectivity index (χ4n) is 2.97. The van der Waals surface area contributed by atoms with Gasteiger partial charge in [0, 0.05) is 11.0 Å². The highest BCUT2D eigenvalue weighted by Gasteiger charge is 2.34. The lowest BCUT2D eigenvalue weighted by molar-refractivity contribution is -0.0630. The Morgan fingerprint density at radius 3 is 2.75 bits per heavy atom. The van der Waals surface area contributed by atoms with Crippen LogP contribution in [-0.2, 0) is 4.74 Å². The molecule has 16 heavy (non-hydrogen) atoms. The minimum absolute atomic E-state index is 0.238. The van der Waals surface area contributed by atoms with Crippen LogP contribution in [0.4, 0.5) is 0 Å². The van der Waals surface area contributed by atoms with Crippen LogP contribution in [0.2, 0.25) is 0 Å². The SMILES string of the molecule is CC1CCCC(CI)(OCCCC2CC2)C1. The minimum Gasteiger partial charge on any atom is -0.374 e. The number of halogens is 1. The largest absolute Gasteiger partial charge is 0.374 e. The first-order valence-electron chi connectivity index (χ1n) is 6.94. The Kier molecular flexibility index (Phi) is 4.95. The van der Waals surface area contributed by atoms with Gasteiger partial charge in [0.15, 0.2) is 0 Å². The number of alkyl halides is 1. The molecule has 0 radical (unpaired) electrons. The first-order chi connectivity index (χ1) is 7.74. The zero-order chi connectivity index (χ0) is 11.4. The van der Waals surface area contributed by atoms with Crippen molar-refractivity contribution in [1.82, 2.24) is 0 Å². The minimum atomic E-state index is 0.238. The molecular formula is C14H25IO. The molecule has 1 nitrogen and oxygen atoms in total. The Bertz CT molecular complexity index is 215. The van der Waals surface area contributed by atoms with Crippen molar-refractivity contribution in [3.8, 4) is 0 Å². The maximum Gasteiger partial charge on any atom is 0.0774 e. The second-order valence-corrected chi connectivity index (χ2v) is 6.72. The summed E-state index contributed by atoms with van der Waals surface area (Å²) >= 11 is 2.52. The molecule has 2 unspecified atom stereocenters. The molecule has 2 atom stereocenters. The molecule has 0 saturated heterocycles. The van der Waals surface area contributed by atoms with E-state index in [1.165, 1.54) is 55.8 Å². The first-order valence-corrected chi connectivity index (χ1v) is 8.46. The van der Waals surface area contributed by atoms with E-state index >= 15 is 0 Å². The normalized spacial score (nSPS) is 35.2. The van der Waals surface area contributed by atoms with Gasteiger partial charge in [-0.05, 0) is 37.5 Å². The maximum absolute atomic E-state index is 6.26. The molecule has 0 heterocycles. The molecule has 94 valence electrons. The summed E-state index contributed by atoms with van der Waals surface area (Å²) in [5.41, 5.74) is 0.238. The lowest BCUT2D eigenvalue weighted by atomic mass is 9.80. The fraction of sp³-hybridized carbons (Fsp3) is 1.00. The van der Waals surface area contributed by atoms with Crippen LogP contribution in [0.3, 0.4) is 0 Å². The topological polar surface area (TPSA) is 9.23 Å². The van der Waals surface area contributed by atoms with Gasteiger partial charge in [0.05, 0.1) is 5.60 Å². The fourth-order valence-corrected chi connectivity index (χ4v) is 3.88. The molecule has 0 aliphatic heterocycles. The van der Waals surface area contributed by atoms with Crippen molar-refractivity contribution in [2.45, 2.75) is 63.9 Å². The van der Waals surface area contributed by atoms with Crippen molar-refractivity contribution in [2.24, 2.45) is 11.8 Å². The van der Waals surface area contributed by atoms with Crippen molar-refractivity contribution < 1.29 is 4.74 Å². The van der Waals surface area contributed by atoms with E-state index in [1.807, 2.05) is 0 Å². The molecule has 0 spiro atoms. The number of ether oxygens (including phenoxy) is 1. The van der Waals surface area contributed by atoms with Crippen LogP contribution in [0.25, 0.3) is 0 Å². The van der Waals surface area contributed by atoms with Gasteiger partial charge >= 0.3 is 0 Å². The van der Waals surface area contributed by atoms with E-state index in [1.54, 1.807) is 0 Å². The zero-order valence-electron chi connectivity index (χ0n) is 10.5. The van der Waals surface area contributed by atoms with Crippen LogP contribution in [-0.4, -0.2) is 16.6 Å². The summed E-state index contributed by atoms with van der Waals surface area (Å²) in [6.07, 6.45) is 11.0. The standard InChI is InChI=1S/C14H25IO/c1-12-4-2-8-14(10-12,11-15)16-9-3-5-13-6-7-13/h12-13H,2-11H2,1H3. The zero-order valence-corrected chi connectivity index (χ0v) is 12.7. The van der Waals surface area contributed by atoms with E-state index in [9.17, 15) is 0 Å². The molecule has 0 aromatic carbocycles. The van der Waals surface area contributed by atoms with Gasteiger partial charge in [-0.1, -0.05) is 55.2 Å². The van der Waals surface area contributed by atoms with Gasteiger partial charge in [0.2, 0.25) is 0 Å². The molecule has 2 aliphatic rings. The van der Waals surface area contributed by atoms with E-state index in [0.717, 1.165) is 18.4 Å². The third-order valence-corrected chi connectivity index (χ3v) is 5.55. The Morgan fingerprint density at radius 1 is 1.31 bits per heavy atom. The Balaban J connectivity index is 1.69. The monoisotopic (exact) mass is 336 g/mol. The Labute approximate surface area is 114 Å². The smallest absolute Gasteiger partial charge is 0.0774 e. The summed E-state index contributed by atoms with van der Waals surface area (Å²) < 4.78 is 7.44. The summed E-state index contributed by atoms with van der Waals surface area (Å²) in [5.74, 6) is 1.93. The molecule has 0 bridgehead atoms. The summed E-state index contributed by atoms with van der Waals surface area (Å²) in [7, 11) is 0. The molecule has 2 saturated carbocycles. The van der Waals surface area contributed by atoms with Gasteiger partial charge in [-0.25, -0.2) is 0 Å². The Morgan fingerprint density at radius 2 is 2.12 bits per heavy atom. The van der Waals surface area contributed by atoms with Gasteiger partial charge in [0.25, 0.3) is 0 Å². The summed E-state index contributed by atoms with van der Waals surface area (Å²) in [4.78, 5) is 0. The molecule has 2 heteroatoms. The maximum atomic E-state index is 6.26. The number of rotatable bonds is 6. The molecule has 2 rings (SSSR count). The van der Waals surface area contributed by atoms with Crippen LogP contribution in [0.1, 0.15) is 58.3 Å². The third kappa shape index (κ3) is 3.86. The van der Waals surface area contributed by atoms with Crippen molar-refractivity contribution in [1.29, 1.82) is 0 Å². The highest BCUT2D eigenvalue weighted by molar-refractivity contribution is 14.1. The highest BCUT2D eigenvalue weighted by atomic mass is 127.